The second kappa shape index (κ2) is 21.4. The van der Waals surface area contributed by atoms with E-state index in [2.05, 4.69) is 124 Å². The standard InChI is InChI=1S/C78H70F6N6/c1-44-19-26-64-59(31-44)62-42-51(77(79,80)81)23-29-67(62)89(64)66-28-22-48(70-86-71(49-33-53(73(3,4)5)40-54(34-49)74(6,7)8)88-72(87-70)50-35-55(75(9,10)11)41-56(36-50)76(12,13)14)38-61(66)58-25-21-47(46-17-16-18-57(37-46)85-15)39-69(58)90-65-27-20-45(2)32-60(65)63-43-52(78(82,83)84)24-30-68(63)90/h16-43H,1-14H3. The summed E-state index contributed by atoms with van der Waals surface area (Å²) in [6, 6.07) is 51.5. The number of halogens is 6. The van der Waals surface area contributed by atoms with Gasteiger partial charge in [0.1, 0.15) is 0 Å². The molecule has 0 saturated heterocycles. The van der Waals surface area contributed by atoms with Crippen LogP contribution in [0.4, 0.5) is 32.0 Å². The van der Waals surface area contributed by atoms with E-state index in [1.807, 2.05) is 108 Å². The second-order valence-corrected chi connectivity index (χ2v) is 28.2. The Morgan fingerprint density at radius 2 is 0.722 bits per heavy atom. The van der Waals surface area contributed by atoms with Crippen molar-refractivity contribution in [1.82, 2.24) is 24.1 Å². The second-order valence-electron chi connectivity index (χ2n) is 28.2. The molecule has 0 aliphatic carbocycles. The molecule has 3 aromatic heterocycles. The van der Waals surface area contributed by atoms with Crippen molar-refractivity contribution in [2.24, 2.45) is 0 Å². The van der Waals surface area contributed by atoms with E-state index in [0.29, 0.717) is 94.8 Å². The third-order valence-corrected chi connectivity index (χ3v) is 17.3. The van der Waals surface area contributed by atoms with Crippen molar-refractivity contribution in [2.75, 3.05) is 0 Å². The highest BCUT2D eigenvalue weighted by atomic mass is 19.4. The molecule has 12 heteroatoms. The van der Waals surface area contributed by atoms with E-state index in [1.54, 1.807) is 12.1 Å². The van der Waals surface area contributed by atoms with Crippen LogP contribution in [0.15, 0.2) is 170 Å². The molecule has 0 amide bonds. The monoisotopic (exact) mass is 1200 g/mol. The van der Waals surface area contributed by atoms with Crippen LogP contribution >= 0.6 is 0 Å². The van der Waals surface area contributed by atoms with Gasteiger partial charge in [-0.05, 0) is 184 Å². The van der Waals surface area contributed by atoms with E-state index in [4.69, 9.17) is 21.5 Å². The third kappa shape index (κ3) is 11.3. The lowest BCUT2D eigenvalue weighted by molar-refractivity contribution is -0.138. The summed E-state index contributed by atoms with van der Waals surface area (Å²) in [5, 5.41) is 2.02. The Morgan fingerprint density at radius 3 is 1.14 bits per heavy atom. The quantitative estimate of drug-likeness (QED) is 0.118. The van der Waals surface area contributed by atoms with Gasteiger partial charge in [-0.3, -0.25) is 0 Å². The normalized spacial score (nSPS) is 12.9. The zero-order valence-electron chi connectivity index (χ0n) is 53.1. The maximum atomic E-state index is 14.8. The maximum absolute atomic E-state index is 14.8. The SMILES string of the molecule is [C-]#[N+]c1cccc(-c2ccc(-c3cc(-c4nc(-c5cc(C(C)(C)C)cc(C(C)(C)C)c5)nc(-c5cc(C(C)(C)C)cc(C(C)(C)C)c5)n4)ccc3-n3c4ccc(C)cc4c4cc(C(F)(F)F)ccc43)c(-n3c4ccc(C)cc4c4cc(C(F)(F)F)ccc43)c2)c1. The van der Waals surface area contributed by atoms with Gasteiger partial charge in [0.25, 0.3) is 0 Å². The van der Waals surface area contributed by atoms with E-state index < -0.39 is 23.5 Å². The van der Waals surface area contributed by atoms with Gasteiger partial charge in [-0.1, -0.05) is 149 Å². The minimum Gasteiger partial charge on any atom is -0.309 e. The summed E-state index contributed by atoms with van der Waals surface area (Å²) in [4.78, 5) is 20.1. The summed E-state index contributed by atoms with van der Waals surface area (Å²) in [5.74, 6) is 1.27. The summed E-state index contributed by atoms with van der Waals surface area (Å²) >= 11 is 0. The lowest BCUT2D eigenvalue weighted by Gasteiger charge is -2.26. The topological polar surface area (TPSA) is 52.9 Å². The molecular weight excluding hydrogens is 1130 g/mol. The lowest BCUT2D eigenvalue weighted by Crippen LogP contribution is -2.17. The molecule has 454 valence electrons. The van der Waals surface area contributed by atoms with Crippen LogP contribution in [-0.2, 0) is 34.0 Å². The average molecular weight is 1210 g/mol. The number of fused-ring (bicyclic) bond motifs is 6. The Morgan fingerprint density at radius 1 is 0.333 bits per heavy atom. The van der Waals surface area contributed by atoms with E-state index in [0.717, 1.165) is 67.8 Å². The lowest BCUT2D eigenvalue weighted by atomic mass is 9.79. The van der Waals surface area contributed by atoms with Gasteiger partial charge in [0.2, 0.25) is 0 Å². The molecule has 3 heterocycles. The van der Waals surface area contributed by atoms with Gasteiger partial charge in [-0.15, -0.1) is 0 Å². The third-order valence-electron chi connectivity index (χ3n) is 17.3. The summed E-state index contributed by atoms with van der Waals surface area (Å²) in [6.45, 7) is 38.1. The van der Waals surface area contributed by atoms with Crippen molar-refractivity contribution in [2.45, 2.75) is 131 Å². The van der Waals surface area contributed by atoms with E-state index >= 15 is 0 Å². The number of hydrogen-bond acceptors (Lipinski definition) is 3. The number of benzene rings is 9. The van der Waals surface area contributed by atoms with E-state index in [9.17, 15) is 26.3 Å². The fourth-order valence-corrected chi connectivity index (χ4v) is 12.1. The van der Waals surface area contributed by atoms with Crippen molar-refractivity contribution in [3.05, 3.63) is 226 Å². The molecule has 12 rings (SSSR count). The van der Waals surface area contributed by atoms with E-state index in [1.165, 1.54) is 24.3 Å². The molecule has 0 aliphatic rings. The van der Waals surface area contributed by atoms with Crippen LogP contribution in [0.1, 0.15) is 128 Å². The molecule has 0 aliphatic heterocycles. The zero-order valence-corrected chi connectivity index (χ0v) is 53.1. The largest absolute Gasteiger partial charge is 0.416 e. The molecule has 6 nitrogen and oxygen atoms in total. The number of alkyl halides is 6. The summed E-state index contributed by atoms with van der Waals surface area (Å²) < 4.78 is 92.7. The number of aromatic nitrogens is 5. The average Bonchev–Trinajstić information content (AvgIpc) is 1.88. The molecule has 0 bridgehead atoms. The summed E-state index contributed by atoms with van der Waals surface area (Å²) in [5.41, 5.74) is 12.4. The predicted molar refractivity (Wildman–Crippen MR) is 356 cm³/mol. The fraction of sp³-hybridized carbons (Fsp3) is 0.256. The van der Waals surface area contributed by atoms with Gasteiger partial charge in [0, 0.05) is 49.4 Å². The minimum absolute atomic E-state index is 0.245. The van der Waals surface area contributed by atoms with Gasteiger partial charge >= 0.3 is 12.4 Å². The molecular formula is C78H70F6N6. The summed E-state index contributed by atoms with van der Waals surface area (Å²) in [7, 11) is 0. The molecule has 0 atom stereocenters. The van der Waals surface area contributed by atoms with Crippen LogP contribution < -0.4 is 0 Å². The Balaban J connectivity index is 1.24. The van der Waals surface area contributed by atoms with Crippen LogP contribution in [0.25, 0.3) is 116 Å². The Bertz CT molecular complexity index is 4780. The smallest absolute Gasteiger partial charge is 0.309 e. The first kappa shape index (κ1) is 60.9. The molecule has 0 unspecified atom stereocenters. The van der Waals surface area contributed by atoms with Gasteiger partial charge in [-0.2, -0.15) is 26.3 Å². The Labute approximate surface area is 521 Å². The van der Waals surface area contributed by atoms with Crippen molar-refractivity contribution in [1.29, 1.82) is 0 Å². The highest BCUT2D eigenvalue weighted by Crippen LogP contribution is 2.47. The van der Waals surface area contributed by atoms with Crippen LogP contribution in [-0.4, -0.2) is 24.1 Å². The van der Waals surface area contributed by atoms with Crippen molar-refractivity contribution >= 4 is 49.3 Å². The van der Waals surface area contributed by atoms with Crippen molar-refractivity contribution < 1.29 is 26.3 Å². The van der Waals surface area contributed by atoms with Crippen LogP contribution in [0, 0.1) is 20.4 Å². The molecule has 0 radical (unpaired) electrons. The highest BCUT2D eigenvalue weighted by Gasteiger charge is 2.34. The first-order chi connectivity index (χ1) is 42.1. The predicted octanol–water partition coefficient (Wildman–Crippen LogP) is 22.8. The van der Waals surface area contributed by atoms with Crippen molar-refractivity contribution in [3.8, 4) is 67.8 Å². The molecule has 0 spiro atoms. The van der Waals surface area contributed by atoms with Gasteiger partial charge in [0.05, 0.1) is 51.1 Å². The molecule has 0 N–H and O–H groups in total. The zero-order chi connectivity index (χ0) is 64.5. The van der Waals surface area contributed by atoms with Gasteiger partial charge in [-0.25, -0.2) is 19.8 Å². The van der Waals surface area contributed by atoms with Gasteiger partial charge in [0.15, 0.2) is 23.2 Å². The maximum Gasteiger partial charge on any atom is 0.416 e. The highest BCUT2D eigenvalue weighted by molar-refractivity contribution is 6.12. The fourth-order valence-electron chi connectivity index (χ4n) is 12.1. The Hall–Kier alpha value is -9.34. The first-order valence-electron chi connectivity index (χ1n) is 30.2. The number of hydrogen-bond donors (Lipinski definition) is 0. The van der Waals surface area contributed by atoms with Gasteiger partial charge < -0.3 is 9.13 Å². The van der Waals surface area contributed by atoms with E-state index in [-0.39, 0.29) is 21.7 Å². The minimum atomic E-state index is -4.63. The van der Waals surface area contributed by atoms with Crippen LogP contribution in [0.2, 0.25) is 0 Å². The van der Waals surface area contributed by atoms with Crippen molar-refractivity contribution in [3.63, 3.8) is 0 Å². The first-order valence-corrected chi connectivity index (χ1v) is 30.2. The molecule has 0 fully saturated rings. The molecule has 0 saturated carbocycles. The number of rotatable bonds is 7. The van der Waals surface area contributed by atoms with Crippen LogP contribution in [0.5, 0.6) is 0 Å². The van der Waals surface area contributed by atoms with Crippen LogP contribution in [0.3, 0.4) is 0 Å². The number of nitrogens with zero attached hydrogens (tertiary/aromatic N) is 6. The summed E-state index contributed by atoms with van der Waals surface area (Å²) in [6.07, 6.45) is -9.26. The Kier molecular flexibility index (Phi) is 14.5. The number of aryl methyl sites for hydroxylation is 2. The molecule has 90 heavy (non-hydrogen) atoms. The molecule has 12 aromatic rings. The molecule has 9 aromatic carbocycles.